The number of thiazole rings is 1. The number of aromatic amines is 2. The summed E-state index contributed by atoms with van der Waals surface area (Å²) in [5.41, 5.74) is 9.52. The third-order valence-corrected chi connectivity index (χ3v) is 27.9. The zero-order valence-corrected chi connectivity index (χ0v) is 70.7. The monoisotopic (exact) mass is 1790 g/mol. The van der Waals surface area contributed by atoms with E-state index >= 15 is 0 Å². The van der Waals surface area contributed by atoms with Gasteiger partial charge in [-0.1, -0.05) is 168 Å². The van der Waals surface area contributed by atoms with Gasteiger partial charge in [-0.3, -0.25) is 38.6 Å². The molecule has 7 N–H and O–H groups in total. The van der Waals surface area contributed by atoms with E-state index in [1.165, 1.54) is 53.9 Å². The zero-order chi connectivity index (χ0) is 85.2. The smallest absolute Gasteiger partial charge is 0.262 e. The number of anilines is 5. The number of H-pyrrole nitrogens is 2. The first kappa shape index (κ1) is 83.8. The molecule has 12 aromatic carbocycles. The van der Waals surface area contributed by atoms with Crippen LogP contribution in [0.3, 0.4) is 0 Å². The Hall–Kier alpha value is -13.3. The Bertz CT molecular complexity index is 7640. The number of hydrogen-bond donors (Lipinski definition) is 7. The first-order valence-electron chi connectivity index (χ1n) is 36.6. The summed E-state index contributed by atoms with van der Waals surface area (Å²) < 4.78 is 155. The molecule has 0 aliphatic heterocycles. The van der Waals surface area contributed by atoms with Crippen LogP contribution in [-0.2, 0) is 50.1 Å². The van der Waals surface area contributed by atoms with E-state index in [2.05, 4.69) is 68.5 Å². The SMILES string of the molecule is CSc1nc2ccc(S(=O)(=O)Nc3cccc4cccnc34)cc2s1.O=S(=O)(Nc1cccc2cccnc12)c1ccc(Cl)cc1.O=S(=O)(Nc1cccc2cccnc12)c1cccc2c(Cl)nccc12.O=S(=O)(Nc1ccccc1-c1nc2ccccc2[nH]1)c1ccc(F)cc1.O=S(=O)(Nc1ccccc1-c1nc2ccccc2[nH]1)c1ccccc1. The maximum Gasteiger partial charge on any atom is 0.262 e. The highest BCUT2D eigenvalue weighted by molar-refractivity contribution is 8.00. The normalized spacial score (nSPS) is 11.6. The van der Waals surface area contributed by atoms with Crippen LogP contribution < -0.4 is 23.6 Å². The van der Waals surface area contributed by atoms with Crippen LogP contribution in [0.5, 0.6) is 0 Å². The van der Waals surface area contributed by atoms with Crippen molar-refractivity contribution in [3.8, 4) is 22.8 Å². The number of rotatable bonds is 18. The van der Waals surface area contributed by atoms with Crippen molar-refractivity contribution in [1.82, 2.24) is 44.9 Å². The van der Waals surface area contributed by atoms with E-state index in [1.54, 1.807) is 188 Å². The lowest BCUT2D eigenvalue weighted by Gasteiger charge is -2.12. The molecule has 0 unspecified atom stereocenters. The lowest BCUT2D eigenvalue weighted by molar-refractivity contribution is 0.598. The molecular weight excluding hydrogens is 1730 g/mol. The Labute approximate surface area is 717 Å². The average molecular weight is 1790 g/mol. The van der Waals surface area contributed by atoms with E-state index < -0.39 is 55.9 Å². The second-order valence-corrected chi connectivity index (χ2v) is 37.7. The Balaban J connectivity index is 0.000000119. The van der Waals surface area contributed by atoms with E-state index in [4.69, 9.17) is 23.2 Å². The molecule has 0 fully saturated rings. The molecule has 122 heavy (non-hydrogen) atoms. The molecule has 7 aromatic heterocycles. The molecule has 19 rings (SSSR count). The number of nitrogens with one attached hydrogen (secondary N) is 7. The Morgan fingerprint density at radius 1 is 0.344 bits per heavy atom. The molecule has 0 bridgehead atoms. The molecule has 0 radical (unpaired) electrons. The largest absolute Gasteiger partial charge is 0.338 e. The van der Waals surface area contributed by atoms with Crippen molar-refractivity contribution < 1.29 is 46.5 Å². The van der Waals surface area contributed by atoms with E-state index in [9.17, 15) is 46.5 Å². The van der Waals surface area contributed by atoms with Gasteiger partial charge in [0, 0.05) is 67.9 Å². The van der Waals surface area contributed by atoms with E-state index in [0.29, 0.717) is 83.6 Å². The maximum atomic E-state index is 13.1. The lowest BCUT2D eigenvalue weighted by Crippen LogP contribution is -2.14. The maximum absolute atomic E-state index is 13.1. The summed E-state index contributed by atoms with van der Waals surface area (Å²) in [5, 5.41) is 4.46. The van der Waals surface area contributed by atoms with E-state index in [1.807, 2.05) is 109 Å². The number of hydrogen-bond acceptors (Lipinski definition) is 19. The molecule has 19 aromatic rings. The highest BCUT2D eigenvalue weighted by Crippen LogP contribution is 2.36. The Morgan fingerprint density at radius 3 is 1.24 bits per heavy atom. The van der Waals surface area contributed by atoms with Crippen LogP contribution in [0.25, 0.3) is 98.5 Å². The summed E-state index contributed by atoms with van der Waals surface area (Å²) in [6.45, 7) is 0. The van der Waals surface area contributed by atoms with Gasteiger partial charge in [-0.15, -0.1) is 11.3 Å². The van der Waals surface area contributed by atoms with Gasteiger partial charge in [0.25, 0.3) is 50.1 Å². The number of fused-ring (bicyclic) bond motifs is 7. The fourth-order valence-electron chi connectivity index (χ4n) is 12.6. The van der Waals surface area contributed by atoms with Crippen molar-refractivity contribution in [2.75, 3.05) is 29.9 Å². The second kappa shape index (κ2) is 36.3. The number of benzene rings is 12. The van der Waals surface area contributed by atoms with E-state index in [0.717, 1.165) is 64.9 Å². The molecule has 0 spiro atoms. The van der Waals surface area contributed by atoms with Crippen molar-refractivity contribution in [3.05, 3.63) is 350 Å². The van der Waals surface area contributed by atoms with Crippen molar-refractivity contribution in [2.45, 2.75) is 28.8 Å². The van der Waals surface area contributed by atoms with Crippen LogP contribution in [0, 0.1) is 5.82 Å². The summed E-state index contributed by atoms with van der Waals surface area (Å²) >= 11 is 14.9. The first-order valence-corrected chi connectivity index (χ1v) is 46.8. The second-order valence-electron chi connectivity index (χ2n) is 26.5. The van der Waals surface area contributed by atoms with Crippen molar-refractivity contribution >= 4 is 201 Å². The number of aromatic nitrogens is 9. The molecule has 0 atom stereocenters. The summed E-state index contributed by atoms with van der Waals surface area (Å²) in [5.74, 6) is 0.683. The molecule has 0 saturated carbocycles. The number of pyridine rings is 4. The van der Waals surface area contributed by atoms with Crippen LogP contribution in [0.2, 0.25) is 10.2 Å². The first-order chi connectivity index (χ1) is 58.8. The minimum atomic E-state index is -3.85. The van der Waals surface area contributed by atoms with Gasteiger partial charge in [0.15, 0.2) is 4.34 Å². The number of nitrogens with zero attached hydrogens (tertiary/aromatic N) is 7. The fourth-order valence-corrected chi connectivity index (χ4v) is 20.2. The predicted octanol–water partition coefficient (Wildman–Crippen LogP) is 20.5. The minimum Gasteiger partial charge on any atom is -0.338 e. The molecule has 610 valence electrons. The predicted molar refractivity (Wildman–Crippen MR) is 485 cm³/mol. The standard InChI is InChI=1S/C19H14FN3O2S.C19H15N3O2S.C18H12ClN3O2S.C17H13N3O2S3.C15H11ClN2O2S/c20-13-9-11-14(12-10-13)26(24,25)23-16-6-2-1-5-15(16)19-21-17-7-3-4-8-18(17)22-19;23-25(24,14-8-2-1-3-9-14)22-16-11-5-4-10-15(16)19-20-17-12-6-7-13-18(17)21-19;19-18-14-6-2-8-16(13(14)9-11-21-18)25(23,24)22-15-7-1-4-12-5-3-10-20-17(12)15;1-23-17-19-13-8-7-12(10-15(13)24-17)25(21,22)20-14-6-2-4-11-5-3-9-18-16(11)14;16-12-6-8-13(9-7-12)21(19,20)18-14-5-1-3-11-4-2-10-17-15(11)14/h1-12,23H,(H,21,22);1-13,22H,(H,20,21);1-11,22H;2-10,20H,1H3;1-10,18H. The molecule has 7 heterocycles. The number of sulfonamides is 5. The van der Waals surface area contributed by atoms with Crippen LogP contribution in [-0.4, -0.2) is 93.2 Å². The molecular formula is C88H65Cl2FN14O10S7. The number of thioether (sulfide) groups is 1. The van der Waals surface area contributed by atoms with Gasteiger partial charge >= 0.3 is 0 Å². The van der Waals surface area contributed by atoms with Crippen molar-refractivity contribution in [1.29, 1.82) is 0 Å². The van der Waals surface area contributed by atoms with E-state index in [-0.39, 0.29) is 29.6 Å². The Morgan fingerprint density at radius 2 is 0.746 bits per heavy atom. The van der Waals surface area contributed by atoms with Crippen molar-refractivity contribution in [3.63, 3.8) is 0 Å². The third kappa shape index (κ3) is 19.4. The summed E-state index contributed by atoms with van der Waals surface area (Å²) in [6, 6.07) is 87.1. The summed E-state index contributed by atoms with van der Waals surface area (Å²) in [7, 11) is -18.7. The van der Waals surface area contributed by atoms with Gasteiger partial charge in [-0.2, -0.15) is 0 Å². The summed E-state index contributed by atoms with van der Waals surface area (Å²) in [6.07, 6.45) is 8.34. The topological polar surface area (TPSA) is 353 Å². The zero-order valence-electron chi connectivity index (χ0n) is 63.5. The van der Waals surface area contributed by atoms with Gasteiger partial charge in [0.05, 0.1) is 102 Å². The highest BCUT2D eigenvalue weighted by atomic mass is 35.5. The van der Waals surface area contributed by atoms with Gasteiger partial charge in [0.1, 0.15) is 22.6 Å². The number of imidazole rings is 2. The van der Waals surface area contributed by atoms with Gasteiger partial charge in [-0.25, -0.2) is 66.4 Å². The quantitative estimate of drug-likeness (QED) is 0.0310. The Kier molecular flexibility index (Phi) is 25.0. The molecule has 0 aliphatic rings. The molecule has 34 heteroatoms. The van der Waals surface area contributed by atoms with Gasteiger partial charge < -0.3 is 9.97 Å². The molecule has 0 aliphatic carbocycles. The minimum absolute atomic E-state index is 0.0155. The van der Waals surface area contributed by atoms with Crippen LogP contribution in [0.15, 0.2) is 363 Å². The highest BCUT2D eigenvalue weighted by Gasteiger charge is 2.24. The van der Waals surface area contributed by atoms with Crippen LogP contribution in [0.1, 0.15) is 0 Å². The third-order valence-electron chi connectivity index (χ3n) is 18.4. The van der Waals surface area contributed by atoms with Crippen LogP contribution >= 0.6 is 46.3 Å². The lowest BCUT2D eigenvalue weighted by atomic mass is 10.2. The summed E-state index contributed by atoms with van der Waals surface area (Å²) in [4.78, 5) is 37.4. The number of para-hydroxylation sites is 9. The van der Waals surface area contributed by atoms with Crippen LogP contribution in [0.4, 0.5) is 32.8 Å². The fraction of sp³-hybridized carbons (Fsp3) is 0.0114. The number of halogens is 3. The van der Waals surface area contributed by atoms with Gasteiger partial charge in [-0.05, 0) is 182 Å². The molecule has 0 amide bonds. The van der Waals surface area contributed by atoms with Crippen molar-refractivity contribution in [2.24, 2.45) is 0 Å². The molecule has 24 nitrogen and oxygen atoms in total. The average Bonchev–Trinajstić information content (AvgIpc) is 1.13. The molecule has 0 saturated heterocycles. The van der Waals surface area contributed by atoms with Gasteiger partial charge in [0.2, 0.25) is 0 Å².